The van der Waals surface area contributed by atoms with Crippen LogP contribution in [0.25, 0.3) is 0 Å². The fraction of sp³-hybridized carbons (Fsp3) is 0.955. The molecule has 9 atom stereocenters. The van der Waals surface area contributed by atoms with Gasteiger partial charge in [-0.15, -0.1) is 0 Å². The summed E-state index contributed by atoms with van der Waals surface area (Å²) in [5, 5.41) is 10.7. The Morgan fingerprint density at radius 1 is 0.250 bits per heavy atom. The van der Waals surface area contributed by atoms with E-state index in [0.29, 0.717) is 25.7 Å². The molecule has 642 valence electrons. The second-order valence-electron chi connectivity index (χ2n) is 33.0. The van der Waals surface area contributed by atoms with E-state index in [4.69, 9.17) is 37.0 Å². The fourth-order valence-electron chi connectivity index (χ4n) is 13.7. The predicted octanol–water partition coefficient (Wildman–Crippen LogP) is 27.1. The number of aliphatic hydroxyl groups is 1. The molecule has 0 bridgehead atoms. The average Bonchev–Trinajstić information content (AvgIpc) is 0.899. The molecule has 3 N–H and O–H groups in total. The number of aliphatic hydroxyl groups excluding tert-OH is 1. The van der Waals surface area contributed by atoms with Gasteiger partial charge in [0.2, 0.25) is 0 Å². The number of hydrogen-bond acceptors (Lipinski definition) is 15. The number of phosphoric acid groups is 2. The third-order valence-electron chi connectivity index (χ3n) is 22.3. The van der Waals surface area contributed by atoms with Crippen molar-refractivity contribution in [1.82, 2.24) is 0 Å². The van der Waals surface area contributed by atoms with E-state index in [9.17, 15) is 43.2 Å². The molecule has 0 aliphatic rings. The maximum absolute atomic E-state index is 13.2. The smallest absolute Gasteiger partial charge is 0.462 e. The molecule has 0 heterocycles. The van der Waals surface area contributed by atoms with Crippen LogP contribution in [-0.4, -0.2) is 96.7 Å². The average molecular weight is 1580 g/mol. The Bertz CT molecular complexity index is 2100. The predicted molar refractivity (Wildman–Crippen MR) is 446 cm³/mol. The molecule has 6 unspecified atom stereocenters. The van der Waals surface area contributed by atoms with Gasteiger partial charge in [0.15, 0.2) is 12.2 Å². The van der Waals surface area contributed by atoms with Gasteiger partial charge in [-0.3, -0.25) is 37.3 Å². The van der Waals surface area contributed by atoms with E-state index in [1.165, 1.54) is 263 Å². The minimum atomic E-state index is -4.97. The van der Waals surface area contributed by atoms with Crippen LogP contribution in [0.5, 0.6) is 0 Å². The summed E-state index contributed by atoms with van der Waals surface area (Å²) in [6.07, 6.45) is 68.1. The van der Waals surface area contributed by atoms with E-state index < -0.39 is 97.5 Å². The van der Waals surface area contributed by atoms with Crippen LogP contribution >= 0.6 is 15.6 Å². The molecule has 0 fully saturated rings. The molecular weight excluding hydrogens is 1400 g/mol. The SMILES string of the molecule is CCC(C)CCCCCCCCCCCCCCCCCCCCC(=O)OC[C@H](COP(=O)(O)OC[C@@H](O)COP(=O)(O)OC[C@@H](COC(=O)CCCCCCCCC(C)CC)OC(=O)CCCCCCCCCCCCC(C)CC)OC(=O)CCCCCCCCCCCCCCCCCCCCC(C)CC. The van der Waals surface area contributed by atoms with Crippen molar-refractivity contribution in [3.8, 4) is 0 Å². The van der Waals surface area contributed by atoms with Crippen molar-refractivity contribution >= 4 is 39.5 Å². The molecule has 19 heteroatoms. The number of ether oxygens (including phenoxy) is 4. The number of rotatable bonds is 86. The molecule has 0 aliphatic carbocycles. The monoisotopic (exact) mass is 1580 g/mol. The van der Waals surface area contributed by atoms with Gasteiger partial charge in [0.25, 0.3) is 0 Å². The Kier molecular flexibility index (Phi) is 76.2. The van der Waals surface area contributed by atoms with Crippen LogP contribution in [0.15, 0.2) is 0 Å². The first kappa shape index (κ1) is 106. The third kappa shape index (κ3) is 76.7. The molecule has 0 amide bonds. The Hall–Kier alpha value is -1.94. The Labute approximate surface area is 664 Å². The summed E-state index contributed by atoms with van der Waals surface area (Å²) in [6, 6.07) is 0. The number of phosphoric ester groups is 2. The van der Waals surface area contributed by atoms with E-state index in [1.54, 1.807) is 0 Å². The molecule has 0 radical (unpaired) electrons. The van der Waals surface area contributed by atoms with Gasteiger partial charge < -0.3 is 33.8 Å². The van der Waals surface area contributed by atoms with Crippen molar-refractivity contribution in [2.24, 2.45) is 23.7 Å². The van der Waals surface area contributed by atoms with Gasteiger partial charge in [-0.2, -0.15) is 0 Å². The van der Waals surface area contributed by atoms with Gasteiger partial charge in [-0.25, -0.2) is 9.13 Å². The Balaban J connectivity index is 5.22. The number of unbranched alkanes of at least 4 members (excludes halogenated alkanes) is 48. The minimum Gasteiger partial charge on any atom is -0.462 e. The second kappa shape index (κ2) is 77.6. The van der Waals surface area contributed by atoms with Crippen molar-refractivity contribution < 1.29 is 80.2 Å². The lowest BCUT2D eigenvalue weighted by Gasteiger charge is -2.21. The summed E-state index contributed by atoms with van der Waals surface area (Å²) in [5.74, 6) is 1.17. The van der Waals surface area contributed by atoms with Crippen molar-refractivity contribution in [3.63, 3.8) is 0 Å². The quantitative estimate of drug-likeness (QED) is 0.0222. The van der Waals surface area contributed by atoms with E-state index in [0.717, 1.165) is 120 Å². The van der Waals surface area contributed by atoms with Crippen LogP contribution in [0.1, 0.15) is 466 Å². The highest BCUT2D eigenvalue weighted by Gasteiger charge is 2.31. The highest BCUT2D eigenvalue weighted by Crippen LogP contribution is 2.45. The number of carbonyl (C=O) groups excluding carboxylic acids is 4. The van der Waals surface area contributed by atoms with E-state index in [-0.39, 0.29) is 25.7 Å². The molecule has 0 saturated heterocycles. The lowest BCUT2D eigenvalue weighted by molar-refractivity contribution is -0.161. The largest absolute Gasteiger partial charge is 0.472 e. The first-order valence-corrected chi connectivity index (χ1v) is 48.8. The summed E-state index contributed by atoms with van der Waals surface area (Å²) < 4.78 is 68.9. The summed E-state index contributed by atoms with van der Waals surface area (Å²) in [5.41, 5.74) is 0. The molecule has 0 rings (SSSR count). The summed E-state index contributed by atoms with van der Waals surface area (Å²) in [4.78, 5) is 73.3. The highest BCUT2D eigenvalue weighted by molar-refractivity contribution is 7.47. The summed E-state index contributed by atoms with van der Waals surface area (Å²) >= 11 is 0. The van der Waals surface area contributed by atoms with Gasteiger partial charge in [0, 0.05) is 25.7 Å². The van der Waals surface area contributed by atoms with Crippen LogP contribution in [0.3, 0.4) is 0 Å². The van der Waals surface area contributed by atoms with Gasteiger partial charge in [0.05, 0.1) is 26.4 Å². The normalized spacial score (nSPS) is 14.9. The molecule has 0 saturated carbocycles. The lowest BCUT2D eigenvalue weighted by Crippen LogP contribution is -2.30. The zero-order chi connectivity index (χ0) is 79.5. The van der Waals surface area contributed by atoms with Crippen molar-refractivity contribution in [2.75, 3.05) is 39.6 Å². The molecule has 0 aromatic heterocycles. The highest BCUT2D eigenvalue weighted by atomic mass is 31.2. The minimum absolute atomic E-state index is 0.105. The van der Waals surface area contributed by atoms with Crippen LogP contribution < -0.4 is 0 Å². The van der Waals surface area contributed by atoms with Gasteiger partial charge in [-0.1, -0.05) is 415 Å². The van der Waals surface area contributed by atoms with Crippen LogP contribution in [0.4, 0.5) is 0 Å². The van der Waals surface area contributed by atoms with E-state index in [2.05, 4.69) is 55.4 Å². The number of esters is 4. The first-order valence-electron chi connectivity index (χ1n) is 45.9. The fourth-order valence-corrected chi connectivity index (χ4v) is 15.3. The van der Waals surface area contributed by atoms with Crippen LogP contribution in [0.2, 0.25) is 0 Å². The summed E-state index contributed by atoms with van der Waals surface area (Å²) in [7, 11) is -9.93. The van der Waals surface area contributed by atoms with E-state index in [1.807, 2.05) is 0 Å². The topological polar surface area (TPSA) is 237 Å². The van der Waals surface area contributed by atoms with Gasteiger partial charge >= 0.3 is 39.5 Å². The summed E-state index contributed by atoms with van der Waals surface area (Å²) in [6.45, 7) is 14.4. The maximum Gasteiger partial charge on any atom is 0.472 e. The van der Waals surface area contributed by atoms with Crippen molar-refractivity contribution in [2.45, 2.75) is 485 Å². The molecule has 0 aliphatic heterocycles. The third-order valence-corrected chi connectivity index (χ3v) is 24.2. The molecular formula is C89H174O17P2. The number of carbonyl (C=O) groups is 4. The van der Waals surface area contributed by atoms with E-state index >= 15 is 0 Å². The number of hydrogen-bond donors (Lipinski definition) is 3. The maximum atomic E-state index is 13.2. The first-order chi connectivity index (χ1) is 52.2. The second-order valence-corrected chi connectivity index (χ2v) is 35.9. The molecule has 0 aromatic rings. The zero-order valence-electron chi connectivity index (χ0n) is 71.5. The molecule has 17 nitrogen and oxygen atoms in total. The van der Waals surface area contributed by atoms with Crippen molar-refractivity contribution in [1.29, 1.82) is 0 Å². The Morgan fingerprint density at radius 3 is 0.611 bits per heavy atom. The van der Waals surface area contributed by atoms with Gasteiger partial charge in [-0.05, 0) is 49.4 Å². The Morgan fingerprint density at radius 2 is 0.417 bits per heavy atom. The van der Waals surface area contributed by atoms with Crippen LogP contribution in [0, 0.1) is 23.7 Å². The zero-order valence-corrected chi connectivity index (χ0v) is 73.3. The van der Waals surface area contributed by atoms with Crippen LogP contribution in [-0.2, 0) is 65.4 Å². The molecule has 0 aromatic carbocycles. The molecule has 0 spiro atoms. The standard InChI is InChI=1S/C89H174O17P2/c1-9-79(5)65-57-49-41-35-29-25-21-17-13-15-19-23-27-31-38-44-53-61-69-86(91)99-75-84(105-88(93)71-63-55-45-39-32-28-24-20-16-14-18-22-26-30-36-42-50-58-66-80(6)10-2)77-103-107(95,96)101-73-83(90)74-102-108(97,98)104-78-85(76-100-87(92)70-62-54-48-47-52-60-68-82(8)12-4)106-89(94)72-64-56-46-40-34-33-37-43-51-59-67-81(7)11-3/h79-85,90H,9-78H2,1-8H3,(H,95,96)(H,97,98)/t79?,80?,81?,82?,83-,84-,85-/m1/s1. The van der Waals surface area contributed by atoms with Gasteiger partial charge in [0.1, 0.15) is 19.3 Å². The lowest BCUT2D eigenvalue weighted by atomic mass is 9.99. The van der Waals surface area contributed by atoms with Crippen molar-refractivity contribution in [3.05, 3.63) is 0 Å². The molecule has 108 heavy (non-hydrogen) atoms.